The molecule has 2 unspecified atom stereocenters. The first-order valence-corrected chi connectivity index (χ1v) is 21.4. The molecule has 0 aromatic rings. The molecular formula is C41H72NO9P. The van der Waals surface area contributed by atoms with Crippen molar-refractivity contribution in [1.29, 1.82) is 0 Å². The maximum absolute atomic E-state index is 12.5. The van der Waals surface area contributed by atoms with Gasteiger partial charge in [-0.05, 0) is 83.5 Å². The lowest BCUT2D eigenvalue weighted by atomic mass is 10.1. The van der Waals surface area contributed by atoms with E-state index in [0.29, 0.717) is 19.3 Å². The zero-order valence-electron chi connectivity index (χ0n) is 32.2. The molecule has 0 radical (unpaired) electrons. The zero-order valence-corrected chi connectivity index (χ0v) is 33.1. The Balaban J connectivity index is 4.33. The Bertz CT molecular complexity index is 1040. The predicted molar refractivity (Wildman–Crippen MR) is 212 cm³/mol. The highest BCUT2D eigenvalue weighted by atomic mass is 31.2. The van der Waals surface area contributed by atoms with Crippen LogP contribution in [0.5, 0.6) is 0 Å². The molecule has 52 heavy (non-hydrogen) atoms. The number of rotatable bonds is 37. The molecule has 0 aromatic heterocycles. The molecule has 10 nitrogen and oxygen atoms in total. The molecule has 0 aromatic carbocycles. The lowest BCUT2D eigenvalue weighted by Gasteiger charge is -2.19. The van der Waals surface area contributed by atoms with Gasteiger partial charge in [-0.15, -0.1) is 0 Å². The van der Waals surface area contributed by atoms with E-state index in [9.17, 15) is 19.0 Å². The fourth-order valence-electron chi connectivity index (χ4n) is 4.95. The highest BCUT2D eigenvalue weighted by molar-refractivity contribution is 7.47. The Hall–Kier alpha value is -2.33. The van der Waals surface area contributed by atoms with Gasteiger partial charge in [-0.25, -0.2) is 4.57 Å². The molecule has 0 aliphatic heterocycles. The molecule has 300 valence electrons. The summed E-state index contributed by atoms with van der Waals surface area (Å²) in [7, 11) is -4.40. The minimum Gasteiger partial charge on any atom is -0.462 e. The van der Waals surface area contributed by atoms with Gasteiger partial charge in [0.25, 0.3) is 0 Å². The van der Waals surface area contributed by atoms with Crippen LogP contribution >= 0.6 is 7.82 Å². The third-order valence-electron chi connectivity index (χ3n) is 7.93. The number of phosphoric acid groups is 1. The normalized spacial score (nSPS) is 14.0. The fraction of sp³-hybridized carbons (Fsp3) is 0.707. The Labute approximate surface area is 315 Å². The van der Waals surface area contributed by atoms with Crippen LogP contribution in [0, 0.1) is 0 Å². The van der Waals surface area contributed by atoms with Crippen LogP contribution in [-0.4, -0.2) is 61.0 Å². The Morgan fingerprint density at radius 3 is 1.67 bits per heavy atom. The first kappa shape index (κ1) is 49.7. The number of nitrogens with two attached hydrogens (primary N) is 1. The van der Waals surface area contributed by atoms with Gasteiger partial charge in [0.05, 0.1) is 13.2 Å². The molecule has 0 spiro atoms. The van der Waals surface area contributed by atoms with Crippen molar-refractivity contribution in [2.24, 2.45) is 5.73 Å². The molecule has 0 fully saturated rings. The summed E-state index contributed by atoms with van der Waals surface area (Å²) < 4.78 is 32.6. The fourth-order valence-corrected chi connectivity index (χ4v) is 5.72. The number of phosphoric ester groups is 1. The number of ether oxygens (including phenoxy) is 2. The highest BCUT2D eigenvalue weighted by Gasteiger charge is 2.25. The van der Waals surface area contributed by atoms with Gasteiger partial charge in [0.2, 0.25) is 0 Å². The summed E-state index contributed by atoms with van der Waals surface area (Å²) >= 11 is 0. The molecule has 0 saturated carbocycles. The van der Waals surface area contributed by atoms with Crippen molar-refractivity contribution in [3.63, 3.8) is 0 Å². The Kier molecular flexibility index (Phi) is 36.7. The number of aliphatic hydroxyl groups excluding tert-OH is 1. The SMILES string of the molecule is CCCCCCC=CCCCCCCCC(=O)OCC(COP(=O)(O)OCCN)OC(=O)CCCC=CCC=CCC=CCC=CCCCCCO. The number of hydrogen-bond donors (Lipinski definition) is 3. The second-order valence-electron chi connectivity index (χ2n) is 12.9. The summed E-state index contributed by atoms with van der Waals surface area (Å²) in [6.07, 6.45) is 41.3. The smallest absolute Gasteiger partial charge is 0.462 e. The van der Waals surface area contributed by atoms with Crippen molar-refractivity contribution >= 4 is 19.8 Å². The minimum atomic E-state index is -4.40. The molecule has 0 rings (SSSR count). The van der Waals surface area contributed by atoms with Gasteiger partial charge >= 0.3 is 19.8 Å². The molecule has 0 aliphatic carbocycles. The van der Waals surface area contributed by atoms with Gasteiger partial charge in [0.1, 0.15) is 6.61 Å². The van der Waals surface area contributed by atoms with E-state index in [2.05, 4.69) is 61.6 Å². The van der Waals surface area contributed by atoms with E-state index in [0.717, 1.165) is 77.0 Å². The summed E-state index contributed by atoms with van der Waals surface area (Å²) in [6.45, 7) is 1.62. The van der Waals surface area contributed by atoms with Crippen molar-refractivity contribution in [3.05, 3.63) is 60.8 Å². The van der Waals surface area contributed by atoms with Crippen LogP contribution in [0.1, 0.15) is 148 Å². The molecule has 0 amide bonds. The number of esters is 2. The van der Waals surface area contributed by atoms with E-state index in [-0.39, 0.29) is 39.2 Å². The van der Waals surface area contributed by atoms with E-state index < -0.39 is 32.5 Å². The van der Waals surface area contributed by atoms with Crippen molar-refractivity contribution in [2.45, 2.75) is 154 Å². The van der Waals surface area contributed by atoms with Gasteiger partial charge in [-0.1, -0.05) is 113 Å². The Morgan fingerprint density at radius 1 is 0.615 bits per heavy atom. The van der Waals surface area contributed by atoms with Crippen LogP contribution in [0.3, 0.4) is 0 Å². The van der Waals surface area contributed by atoms with Gasteiger partial charge < -0.3 is 25.2 Å². The minimum absolute atomic E-state index is 0.0366. The standard InChI is InChI=1S/C41H72NO9P/c1-2-3-4-5-6-7-8-14-17-20-23-26-29-32-40(44)48-37-39(38-50-52(46,47)49-36-34-42)51-41(45)33-30-27-24-21-18-15-12-10-9-11-13-16-19-22-25-28-31-35-43/h7-9,11-12,15-16,19,21,24,39,43H,2-6,10,13-14,17-18,20,22-23,25-38,42H2,1H3,(H,46,47). The summed E-state index contributed by atoms with van der Waals surface area (Å²) in [5.41, 5.74) is 5.33. The summed E-state index contributed by atoms with van der Waals surface area (Å²) in [5.74, 6) is -0.925. The number of allylic oxidation sites excluding steroid dienone is 10. The quantitative estimate of drug-likeness (QED) is 0.0242. The second kappa shape index (κ2) is 38.4. The topological polar surface area (TPSA) is 155 Å². The van der Waals surface area contributed by atoms with Crippen LogP contribution < -0.4 is 5.73 Å². The average Bonchev–Trinajstić information content (AvgIpc) is 3.13. The first-order chi connectivity index (χ1) is 25.3. The molecule has 2 atom stereocenters. The third-order valence-corrected chi connectivity index (χ3v) is 8.91. The first-order valence-electron chi connectivity index (χ1n) is 19.9. The average molecular weight is 754 g/mol. The third kappa shape index (κ3) is 37.4. The monoisotopic (exact) mass is 753 g/mol. The maximum atomic E-state index is 12.5. The lowest BCUT2D eigenvalue weighted by Crippen LogP contribution is -2.29. The number of unbranched alkanes of at least 4 members (excludes halogenated alkanes) is 13. The van der Waals surface area contributed by atoms with Crippen molar-refractivity contribution in [3.8, 4) is 0 Å². The van der Waals surface area contributed by atoms with Crippen LogP contribution in [0.4, 0.5) is 0 Å². The van der Waals surface area contributed by atoms with Crippen LogP contribution in [0.15, 0.2) is 60.8 Å². The molecule has 0 bridgehead atoms. The van der Waals surface area contributed by atoms with Gasteiger partial charge in [0.15, 0.2) is 6.10 Å². The largest absolute Gasteiger partial charge is 0.472 e. The molecule has 0 heterocycles. The summed E-state index contributed by atoms with van der Waals surface area (Å²) in [6, 6.07) is 0. The van der Waals surface area contributed by atoms with Crippen molar-refractivity contribution in [2.75, 3.05) is 33.0 Å². The van der Waals surface area contributed by atoms with Crippen LogP contribution in [0.25, 0.3) is 0 Å². The zero-order chi connectivity index (χ0) is 38.2. The van der Waals surface area contributed by atoms with Crippen LogP contribution in [0.2, 0.25) is 0 Å². The van der Waals surface area contributed by atoms with Crippen LogP contribution in [-0.2, 0) is 32.7 Å². The van der Waals surface area contributed by atoms with Crippen molar-refractivity contribution in [1.82, 2.24) is 0 Å². The molecular weight excluding hydrogens is 681 g/mol. The maximum Gasteiger partial charge on any atom is 0.472 e. The molecule has 0 aliphatic rings. The number of carbonyl (C=O) groups excluding carboxylic acids is 2. The van der Waals surface area contributed by atoms with E-state index >= 15 is 0 Å². The second-order valence-corrected chi connectivity index (χ2v) is 14.3. The number of aliphatic hydroxyl groups is 1. The van der Waals surface area contributed by atoms with Crippen molar-refractivity contribution < 1.29 is 42.7 Å². The van der Waals surface area contributed by atoms with E-state index in [1.54, 1.807) is 0 Å². The van der Waals surface area contributed by atoms with Gasteiger partial charge in [-0.2, -0.15) is 0 Å². The number of carbonyl (C=O) groups is 2. The molecule has 0 saturated heterocycles. The number of hydrogen-bond acceptors (Lipinski definition) is 9. The molecule has 11 heteroatoms. The Morgan fingerprint density at radius 2 is 1.10 bits per heavy atom. The summed E-state index contributed by atoms with van der Waals surface area (Å²) in [5, 5.41) is 8.78. The van der Waals surface area contributed by atoms with Gasteiger partial charge in [-0.3, -0.25) is 18.6 Å². The summed E-state index contributed by atoms with van der Waals surface area (Å²) in [4.78, 5) is 34.7. The van der Waals surface area contributed by atoms with Gasteiger partial charge in [0, 0.05) is 26.0 Å². The van der Waals surface area contributed by atoms with E-state index in [4.69, 9.17) is 29.4 Å². The highest BCUT2D eigenvalue weighted by Crippen LogP contribution is 2.43. The predicted octanol–water partition coefficient (Wildman–Crippen LogP) is 9.91. The van der Waals surface area contributed by atoms with E-state index in [1.807, 2.05) is 6.08 Å². The van der Waals surface area contributed by atoms with E-state index in [1.165, 1.54) is 32.1 Å². The lowest BCUT2D eigenvalue weighted by molar-refractivity contribution is -0.161. The molecule has 4 N–H and O–H groups in total.